The lowest BCUT2D eigenvalue weighted by molar-refractivity contribution is 0.101. The quantitative estimate of drug-likeness (QED) is 0.882. The van der Waals surface area contributed by atoms with Crippen LogP contribution in [-0.2, 0) is 0 Å². The lowest BCUT2D eigenvalue weighted by Gasteiger charge is -2.28. The predicted molar refractivity (Wildman–Crippen MR) is 72.1 cm³/mol. The van der Waals surface area contributed by atoms with Gasteiger partial charge in [-0.15, -0.1) is 0 Å². The van der Waals surface area contributed by atoms with Gasteiger partial charge in [0, 0.05) is 6.54 Å². The van der Waals surface area contributed by atoms with Crippen LogP contribution in [0.25, 0.3) is 11.1 Å². The Morgan fingerprint density at radius 3 is 2.89 bits per heavy atom. The Labute approximate surface area is 110 Å². The van der Waals surface area contributed by atoms with E-state index in [9.17, 15) is 9.90 Å². The highest BCUT2D eigenvalue weighted by molar-refractivity contribution is 5.72. The molecule has 0 saturated carbocycles. The summed E-state index contributed by atoms with van der Waals surface area (Å²) in [6.07, 6.45) is 3.16. The van der Waals surface area contributed by atoms with Crippen LogP contribution in [0.3, 0.4) is 0 Å². The van der Waals surface area contributed by atoms with E-state index < -0.39 is 11.9 Å². The van der Waals surface area contributed by atoms with Gasteiger partial charge in [-0.3, -0.25) is 4.98 Å². The number of fused-ring (bicyclic) bond motifs is 1. The second kappa shape index (κ2) is 5.19. The van der Waals surface area contributed by atoms with Crippen molar-refractivity contribution in [1.29, 1.82) is 0 Å². The van der Waals surface area contributed by atoms with Gasteiger partial charge >= 0.3 is 5.76 Å². The van der Waals surface area contributed by atoms with Gasteiger partial charge in [0.2, 0.25) is 0 Å². The molecule has 0 aliphatic carbocycles. The summed E-state index contributed by atoms with van der Waals surface area (Å²) < 4.78 is 5.01. The average molecular weight is 262 g/mol. The van der Waals surface area contributed by atoms with Crippen molar-refractivity contribution >= 4 is 11.1 Å². The number of likely N-dealkylation sites (tertiary alicyclic amines) is 1. The molecule has 1 aromatic heterocycles. The number of hydrogen-bond donors (Lipinski definition) is 2. The number of aromatic nitrogens is 1. The van der Waals surface area contributed by atoms with E-state index in [-0.39, 0.29) is 0 Å². The second-order valence-electron chi connectivity index (χ2n) is 5.15. The molecule has 3 rings (SSSR count). The van der Waals surface area contributed by atoms with E-state index in [1.807, 2.05) is 6.07 Å². The van der Waals surface area contributed by atoms with Crippen molar-refractivity contribution in [3.05, 3.63) is 34.3 Å². The van der Waals surface area contributed by atoms with Gasteiger partial charge in [-0.05, 0) is 43.6 Å². The number of aliphatic hydroxyl groups is 1. The Bertz CT molecular complexity index is 610. The molecular weight excluding hydrogens is 244 g/mol. The van der Waals surface area contributed by atoms with E-state index >= 15 is 0 Å². The lowest BCUT2D eigenvalue weighted by Crippen LogP contribution is -2.33. The Morgan fingerprint density at radius 2 is 2.11 bits per heavy atom. The van der Waals surface area contributed by atoms with Gasteiger partial charge in [0.05, 0.1) is 11.6 Å². The normalized spacial score (nSPS) is 18.8. The van der Waals surface area contributed by atoms with Crippen molar-refractivity contribution < 1.29 is 9.52 Å². The second-order valence-corrected chi connectivity index (χ2v) is 5.15. The first-order chi connectivity index (χ1) is 9.22. The molecule has 2 aromatic rings. The standard InChI is InChI=1S/C14H18N2O3/c17-12(9-16-6-2-1-3-7-16)10-4-5-11-13(8-10)19-14(18)15-11/h4-5,8,12,17H,1-3,6-7,9H2,(H,15,18). The number of β-amino-alcohol motifs (C(OH)–C–C–N with tert-alkyl or cyclic N) is 1. The minimum atomic E-state index is -0.539. The summed E-state index contributed by atoms with van der Waals surface area (Å²) >= 11 is 0. The highest BCUT2D eigenvalue weighted by Crippen LogP contribution is 2.20. The highest BCUT2D eigenvalue weighted by Gasteiger charge is 2.16. The first-order valence-electron chi connectivity index (χ1n) is 6.75. The summed E-state index contributed by atoms with van der Waals surface area (Å²) in [7, 11) is 0. The number of rotatable bonds is 3. The zero-order chi connectivity index (χ0) is 13.2. The molecule has 0 bridgehead atoms. The summed E-state index contributed by atoms with van der Waals surface area (Å²) in [4.78, 5) is 16.0. The third-order valence-electron chi connectivity index (χ3n) is 3.71. The van der Waals surface area contributed by atoms with Crippen LogP contribution >= 0.6 is 0 Å². The number of H-pyrrole nitrogens is 1. The Morgan fingerprint density at radius 1 is 1.32 bits per heavy atom. The maximum atomic E-state index is 11.1. The van der Waals surface area contributed by atoms with Crippen LogP contribution in [0.4, 0.5) is 0 Å². The van der Waals surface area contributed by atoms with Gasteiger partial charge in [0.1, 0.15) is 0 Å². The van der Waals surface area contributed by atoms with Crippen LogP contribution in [0.5, 0.6) is 0 Å². The van der Waals surface area contributed by atoms with Crippen molar-refractivity contribution in [2.75, 3.05) is 19.6 Å². The summed E-state index contributed by atoms with van der Waals surface area (Å²) in [5.74, 6) is -0.460. The van der Waals surface area contributed by atoms with Gasteiger partial charge in [-0.1, -0.05) is 12.5 Å². The lowest BCUT2D eigenvalue weighted by atomic mass is 10.1. The molecule has 0 spiro atoms. The molecule has 19 heavy (non-hydrogen) atoms. The van der Waals surface area contributed by atoms with E-state index in [0.29, 0.717) is 17.6 Å². The predicted octanol–water partition coefficient (Wildman–Crippen LogP) is 1.64. The molecule has 5 heteroatoms. The molecular formula is C14H18N2O3. The maximum absolute atomic E-state index is 11.1. The van der Waals surface area contributed by atoms with Gasteiger partial charge in [-0.25, -0.2) is 4.79 Å². The number of benzene rings is 1. The molecule has 0 radical (unpaired) electrons. The molecule has 1 unspecified atom stereocenters. The van der Waals surface area contributed by atoms with Crippen LogP contribution in [0.1, 0.15) is 30.9 Å². The number of aromatic amines is 1. The van der Waals surface area contributed by atoms with E-state index in [1.54, 1.807) is 12.1 Å². The smallest absolute Gasteiger partial charge is 0.408 e. The zero-order valence-electron chi connectivity index (χ0n) is 10.8. The first kappa shape index (κ1) is 12.4. The summed E-state index contributed by atoms with van der Waals surface area (Å²) in [6, 6.07) is 5.35. The van der Waals surface area contributed by atoms with Gasteiger partial charge in [0.15, 0.2) is 5.58 Å². The van der Waals surface area contributed by atoms with E-state index in [2.05, 4.69) is 9.88 Å². The minimum absolute atomic E-state index is 0.460. The van der Waals surface area contributed by atoms with Crippen molar-refractivity contribution in [3.63, 3.8) is 0 Å². The van der Waals surface area contributed by atoms with Gasteiger partial charge in [0.25, 0.3) is 0 Å². The summed E-state index contributed by atoms with van der Waals surface area (Å²) in [5, 5.41) is 10.3. The summed E-state index contributed by atoms with van der Waals surface area (Å²) in [5.41, 5.74) is 1.96. The molecule has 1 atom stereocenters. The number of nitrogens with zero attached hydrogens (tertiary/aromatic N) is 1. The van der Waals surface area contributed by atoms with E-state index in [1.165, 1.54) is 19.3 Å². The van der Waals surface area contributed by atoms with Crippen molar-refractivity contribution in [2.45, 2.75) is 25.4 Å². The van der Waals surface area contributed by atoms with Gasteiger partial charge < -0.3 is 14.4 Å². The number of hydrogen-bond acceptors (Lipinski definition) is 4. The maximum Gasteiger partial charge on any atom is 0.417 e. The average Bonchev–Trinajstić information content (AvgIpc) is 2.78. The number of nitrogens with one attached hydrogen (secondary N) is 1. The largest absolute Gasteiger partial charge is 0.417 e. The molecule has 1 aromatic carbocycles. The van der Waals surface area contributed by atoms with Crippen LogP contribution in [0.15, 0.2) is 27.4 Å². The molecule has 2 N–H and O–H groups in total. The first-order valence-corrected chi connectivity index (χ1v) is 6.75. The number of aliphatic hydroxyl groups excluding tert-OH is 1. The molecule has 102 valence electrons. The van der Waals surface area contributed by atoms with Gasteiger partial charge in [-0.2, -0.15) is 0 Å². The van der Waals surface area contributed by atoms with Crippen LogP contribution in [-0.4, -0.2) is 34.6 Å². The Hall–Kier alpha value is -1.59. The Balaban J connectivity index is 1.76. The summed E-state index contributed by atoms with van der Waals surface area (Å²) in [6.45, 7) is 2.75. The van der Waals surface area contributed by atoms with Crippen molar-refractivity contribution in [3.8, 4) is 0 Å². The number of oxazole rings is 1. The molecule has 5 nitrogen and oxygen atoms in total. The SMILES string of the molecule is O=c1[nH]c2ccc(C(O)CN3CCCCC3)cc2o1. The fourth-order valence-electron chi connectivity index (χ4n) is 2.66. The van der Waals surface area contributed by atoms with Crippen LogP contribution < -0.4 is 5.76 Å². The number of piperidine rings is 1. The third-order valence-corrected chi connectivity index (χ3v) is 3.71. The fourth-order valence-corrected chi connectivity index (χ4v) is 2.66. The third kappa shape index (κ3) is 2.72. The molecule has 1 fully saturated rings. The molecule has 2 heterocycles. The van der Waals surface area contributed by atoms with Crippen LogP contribution in [0, 0.1) is 0 Å². The fraction of sp³-hybridized carbons (Fsp3) is 0.500. The van der Waals surface area contributed by atoms with Crippen molar-refractivity contribution in [1.82, 2.24) is 9.88 Å². The van der Waals surface area contributed by atoms with E-state index in [0.717, 1.165) is 18.7 Å². The minimum Gasteiger partial charge on any atom is -0.408 e. The topological polar surface area (TPSA) is 69.5 Å². The van der Waals surface area contributed by atoms with E-state index in [4.69, 9.17) is 4.42 Å². The zero-order valence-corrected chi connectivity index (χ0v) is 10.8. The molecule has 1 saturated heterocycles. The Kier molecular flexibility index (Phi) is 3.40. The highest BCUT2D eigenvalue weighted by atomic mass is 16.4. The van der Waals surface area contributed by atoms with Crippen molar-refractivity contribution in [2.24, 2.45) is 0 Å². The molecule has 0 amide bonds. The molecule has 1 aliphatic heterocycles. The van der Waals surface area contributed by atoms with Crippen LogP contribution in [0.2, 0.25) is 0 Å². The molecule has 1 aliphatic rings. The monoisotopic (exact) mass is 262 g/mol.